The van der Waals surface area contributed by atoms with Crippen molar-refractivity contribution in [2.24, 2.45) is 19.2 Å². The van der Waals surface area contributed by atoms with E-state index in [4.69, 9.17) is 4.74 Å². The van der Waals surface area contributed by atoms with Crippen LogP contribution in [0.4, 0.5) is 5.95 Å². The van der Waals surface area contributed by atoms with Gasteiger partial charge in [-0.3, -0.25) is 13.9 Å². The van der Waals surface area contributed by atoms with E-state index < -0.39 is 17.4 Å². The standard InChI is InChI=1S/C25H28N6O5/c1-15-7-5-6-8-20(15)36-14-19(33)13-31-21-22(29(3)25(35)30(4)23(21)34)26-24(31)28-27-16(2)17-9-11-18(32)12-10-17/h5-12,19,32-33H,13-14H2,1-4H3,(H,26,28)/b27-16+. The average Bonchev–Trinajstić information content (AvgIpc) is 3.22. The largest absolute Gasteiger partial charge is 0.508 e. The second-order valence-electron chi connectivity index (χ2n) is 8.51. The van der Waals surface area contributed by atoms with Gasteiger partial charge in [-0.25, -0.2) is 10.2 Å². The van der Waals surface area contributed by atoms with Crippen LogP contribution in [0.5, 0.6) is 11.5 Å². The Morgan fingerprint density at radius 1 is 1.11 bits per heavy atom. The zero-order chi connectivity index (χ0) is 26.0. The number of aromatic nitrogens is 4. The first kappa shape index (κ1) is 24.7. The van der Waals surface area contributed by atoms with Gasteiger partial charge < -0.3 is 19.5 Å². The summed E-state index contributed by atoms with van der Waals surface area (Å²) in [6.07, 6.45) is -0.994. The van der Waals surface area contributed by atoms with E-state index in [0.717, 1.165) is 15.7 Å². The number of phenols is 1. The molecule has 0 fully saturated rings. The third-order valence-corrected chi connectivity index (χ3v) is 5.87. The van der Waals surface area contributed by atoms with Crippen LogP contribution in [0.2, 0.25) is 0 Å². The van der Waals surface area contributed by atoms with Gasteiger partial charge in [-0.15, -0.1) is 0 Å². The van der Waals surface area contributed by atoms with Gasteiger partial charge in [0.05, 0.1) is 12.3 Å². The first-order valence-corrected chi connectivity index (χ1v) is 11.3. The Morgan fingerprint density at radius 3 is 2.50 bits per heavy atom. The van der Waals surface area contributed by atoms with Gasteiger partial charge in [0, 0.05) is 14.1 Å². The first-order valence-electron chi connectivity index (χ1n) is 11.3. The van der Waals surface area contributed by atoms with Crippen LogP contribution in [0.1, 0.15) is 18.1 Å². The lowest BCUT2D eigenvalue weighted by atomic mass is 10.1. The summed E-state index contributed by atoms with van der Waals surface area (Å²) in [4.78, 5) is 29.9. The molecule has 0 aliphatic rings. The molecule has 0 aliphatic carbocycles. The molecule has 2 aromatic carbocycles. The van der Waals surface area contributed by atoms with E-state index in [9.17, 15) is 19.8 Å². The maximum Gasteiger partial charge on any atom is 0.332 e. The minimum absolute atomic E-state index is 0.0220. The number of aromatic hydroxyl groups is 1. The van der Waals surface area contributed by atoms with Gasteiger partial charge >= 0.3 is 5.69 Å². The molecule has 4 aromatic rings. The number of para-hydroxylation sites is 1. The first-order chi connectivity index (χ1) is 17.2. The highest BCUT2D eigenvalue weighted by Gasteiger charge is 2.21. The predicted octanol–water partition coefficient (Wildman–Crippen LogP) is 1.72. The molecule has 0 radical (unpaired) electrons. The van der Waals surface area contributed by atoms with Crippen molar-refractivity contribution in [1.29, 1.82) is 0 Å². The predicted molar refractivity (Wildman–Crippen MR) is 137 cm³/mol. The fraction of sp³-hybridized carbons (Fsp3) is 0.280. The van der Waals surface area contributed by atoms with E-state index in [0.29, 0.717) is 11.5 Å². The Hall–Kier alpha value is -4.38. The van der Waals surface area contributed by atoms with E-state index in [2.05, 4.69) is 15.5 Å². The fourth-order valence-electron chi connectivity index (χ4n) is 3.78. The summed E-state index contributed by atoms with van der Waals surface area (Å²) in [5.74, 6) is 0.967. The van der Waals surface area contributed by atoms with E-state index in [1.807, 2.05) is 31.2 Å². The molecule has 11 heteroatoms. The number of aliphatic hydroxyl groups excluding tert-OH is 1. The smallest absolute Gasteiger partial charge is 0.332 e. The summed E-state index contributed by atoms with van der Waals surface area (Å²) in [6, 6.07) is 14.0. The van der Waals surface area contributed by atoms with Crippen molar-refractivity contribution in [3.63, 3.8) is 0 Å². The number of aliphatic hydroxyl groups is 1. The van der Waals surface area contributed by atoms with Gasteiger partial charge in [-0.2, -0.15) is 10.1 Å². The molecule has 0 saturated carbocycles. The monoisotopic (exact) mass is 492 g/mol. The molecule has 0 saturated heterocycles. The van der Waals surface area contributed by atoms with Gasteiger partial charge in [0.25, 0.3) is 5.56 Å². The number of anilines is 1. The Morgan fingerprint density at radius 2 is 1.81 bits per heavy atom. The number of hydrogen-bond donors (Lipinski definition) is 3. The van der Waals surface area contributed by atoms with Gasteiger partial charge in [-0.1, -0.05) is 18.2 Å². The summed E-state index contributed by atoms with van der Waals surface area (Å²) in [7, 11) is 2.91. The lowest BCUT2D eigenvalue weighted by Crippen LogP contribution is -2.38. The SMILES string of the molecule is C/C(=N\Nc1nc2c(c(=O)n(C)c(=O)n2C)n1CC(O)COc1ccccc1C)c1ccc(O)cc1. The van der Waals surface area contributed by atoms with Crippen LogP contribution < -0.4 is 21.4 Å². The highest BCUT2D eigenvalue weighted by Crippen LogP contribution is 2.19. The van der Waals surface area contributed by atoms with Crippen molar-refractivity contribution in [2.45, 2.75) is 26.5 Å². The van der Waals surface area contributed by atoms with Gasteiger partial charge in [0.15, 0.2) is 11.2 Å². The third kappa shape index (κ3) is 4.86. The number of imidazole rings is 1. The molecule has 1 unspecified atom stereocenters. The van der Waals surface area contributed by atoms with Crippen molar-refractivity contribution in [2.75, 3.05) is 12.0 Å². The number of aryl methyl sites for hydroxylation is 2. The molecule has 1 atom stereocenters. The van der Waals surface area contributed by atoms with E-state index >= 15 is 0 Å². The fourth-order valence-corrected chi connectivity index (χ4v) is 3.78. The topological polar surface area (TPSA) is 136 Å². The maximum atomic E-state index is 13.0. The van der Waals surface area contributed by atoms with E-state index in [-0.39, 0.29) is 36.0 Å². The summed E-state index contributed by atoms with van der Waals surface area (Å²) in [6.45, 7) is 3.62. The Kier molecular flexibility index (Phi) is 6.93. The molecule has 2 aromatic heterocycles. The molecule has 36 heavy (non-hydrogen) atoms. The molecule has 0 aliphatic heterocycles. The zero-order valence-electron chi connectivity index (χ0n) is 20.5. The van der Waals surface area contributed by atoms with Crippen molar-refractivity contribution in [1.82, 2.24) is 18.7 Å². The van der Waals surface area contributed by atoms with Gasteiger partial charge in [0.1, 0.15) is 24.2 Å². The number of hydrogen-bond acceptors (Lipinski definition) is 8. The van der Waals surface area contributed by atoms with Crippen molar-refractivity contribution < 1.29 is 14.9 Å². The quantitative estimate of drug-likeness (QED) is 0.252. The minimum Gasteiger partial charge on any atom is -0.508 e. The highest BCUT2D eigenvalue weighted by atomic mass is 16.5. The second-order valence-corrected chi connectivity index (χ2v) is 8.51. The van der Waals surface area contributed by atoms with Crippen molar-refractivity contribution >= 4 is 22.8 Å². The molecule has 3 N–H and O–H groups in total. The average molecular weight is 493 g/mol. The number of benzene rings is 2. The molecule has 0 bridgehead atoms. The zero-order valence-corrected chi connectivity index (χ0v) is 20.5. The minimum atomic E-state index is -0.994. The van der Waals surface area contributed by atoms with Crippen LogP contribution in [0, 0.1) is 6.92 Å². The van der Waals surface area contributed by atoms with Crippen molar-refractivity contribution in [3.8, 4) is 11.5 Å². The summed E-state index contributed by atoms with van der Waals surface area (Å²) in [5.41, 5.74) is 4.40. The molecule has 188 valence electrons. The van der Waals surface area contributed by atoms with E-state index in [1.54, 1.807) is 31.2 Å². The molecular weight excluding hydrogens is 464 g/mol. The number of hydrazone groups is 1. The van der Waals surface area contributed by atoms with Gasteiger partial charge in [-0.05, 0) is 55.3 Å². The van der Waals surface area contributed by atoms with Crippen molar-refractivity contribution in [3.05, 3.63) is 80.5 Å². The molecule has 11 nitrogen and oxygen atoms in total. The number of rotatable bonds is 8. The molecule has 4 rings (SSSR count). The van der Waals surface area contributed by atoms with E-state index in [1.165, 1.54) is 23.2 Å². The number of nitrogens with one attached hydrogen (secondary N) is 1. The molecular formula is C25H28N6O5. The lowest BCUT2D eigenvalue weighted by Gasteiger charge is -2.16. The number of fused-ring (bicyclic) bond motifs is 1. The highest BCUT2D eigenvalue weighted by molar-refractivity contribution is 5.99. The van der Waals surface area contributed by atoms with Gasteiger partial charge in [0.2, 0.25) is 5.95 Å². The Labute approximate surface area is 206 Å². The normalized spacial score (nSPS) is 12.6. The van der Waals surface area contributed by atoms with Crippen LogP contribution in [-0.4, -0.2) is 47.3 Å². The summed E-state index contributed by atoms with van der Waals surface area (Å²) in [5, 5.41) is 24.7. The molecule has 0 spiro atoms. The molecule has 2 heterocycles. The van der Waals surface area contributed by atoms with Crippen LogP contribution in [0.3, 0.4) is 0 Å². The second kappa shape index (κ2) is 10.1. The third-order valence-electron chi connectivity index (χ3n) is 5.87. The summed E-state index contributed by atoms with van der Waals surface area (Å²) < 4.78 is 9.53. The van der Waals surface area contributed by atoms with Crippen LogP contribution in [-0.2, 0) is 20.6 Å². The van der Waals surface area contributed by atoms with Crippen LogP contribution in [0.25, 0.3) is 11.2 Å². The van der Waals surface area contributed by atoms with Crippen LogP contribution >= 0.6 is 0 Å². The maximum absolute atomic E-state index is 13.0. The summed E-state index contributed by atoms with van der Waals surface area (Å²) >= 11 is 0. The Bertz CT molecular complexity index is 1550. The van der Waals surface area contributed by atoms with Crippen LogP contribution in [0.15, 0.2) is 63.2 Å². The number of phenolic OH excluding ortho intramolecular Hbond substituents is 1. The Balaban J connectivity index is 1.69. The number of ether oxygens (including phenoxy) is 1. The molecule has 0 amide bonds. The lowest BCUT2D eigenvalue weighted by molar-refractivity contribution is 0.0935. The number of nitrogens with zero attached hydrogens (tertiary/aromatic N) is 5.